The van der Waals surface area contributed by atoms with Crippen LogP contribution < -0.4 is 10.2 Å². The van der Waals surface area contributed by atoms with E-state index < -0.39 is 4.92 Å². The fourth-order valence-corrected chi connectivity index (χ4v) is 2.65. The normalized spacial score (nSPS) is 14.1. The van der Waals surface area contributed by atoms with E-state index in [2.05, 4.69) is 15.3 Å². The molecule has 3 rings (SSSR count). The van der Waals surface area contributed by atoms with E-state index in [1.807, 2.05) is 36.1 Å². The second-order valence-corrected chi connectivity index (χ2v) is 5.34. The van der Waals surface area contributed by atoms with Crippen molar-refractivity contribution in [2.75, 3.05) is 23.3 Å². The molecule has 1 aromatic carbocycles. The molecular weight excluding hydrogens is 282 g/mol. The average Bonchev–Trinajstić information content (AvgIpc) is 3.01. The van der Waals surface area contributed by atoms with Gasteiger partial charge in [0.05, 0.1) is 4.92 Å². The van der Waals surface area contributed by atoms with Crippen molar-refractivity contribution in [1.29, 1.82) is 0 Å². The van der Waals surface area contributed by atoms with Gasteiger partial charge in [0.15, 0.2) is 0 Å². The Morgan fingerprint density at radius 1 is 1.27 bits per heavy atom. The molecule has 7 heteroatoms. The third-order valence-electron chi connectivity index (χ3n) is 3.67. The minimum absolute atomic E-state index is 0.0640. The molecule has 22 heavy (non-hydrogen) atoms. The van der Waals surface area contributed by atoms with Crippen LogP contribution in [0.1, 0.15) is 18.4 Å². The van der Waals surface area contributed by atoms with Gasteiger partial charge in [-0.15, -0.1) is 0 Å². The van der Waals surface area contributed by atoms with E-state index in [9.17, 15) is 10.1 Å². The maximum atomic E-state index is 11.5. The Bertz CT molecular complexity index is 698. The number of rotatable bonds is 4. The maximum Gasteiger partial charge on any atom is 0.353 e. The lowest BCUT2D eigenvalue weighted by Crippen LogP contribution is -2.21. The largest absolute Gasteiger partial charge is 0.353 e. The lowest BCUT2D eigenvalue weighted by Gasteiger charge is -2.17. The highest BCUT2D eigenvalue weighted by Gasteiger charge is 2.28. The second-order valence-electron chi connectivity index (χ2n) is 5.34. The molecule has 1 aromatic heterocycles. The second kappa shape index (κ2) is 5.97. The number of nitro groups is 1. The lowest BCUT2D eigenvalue weighted by atomic mass is 10.2. The van der Waals surface area contributed by atoms with E-state index >= 15 is 0 Å². The van der Waals surface area contributed by atoms with E-state index in [1.54, 1.807) is 0 Å². The van der Waals surface area contributed by atoms with E-state index in [1.165, 1.54) is 6.33 Å². The molecule has 0 aliphatic carbocycles. The summed E-state index contributed by atoms with van der Waals surface area (Å²) in [4.78, 5) is 21.3. The third kappa shape index (κ3) is 2.83. The number of hydrogen-bond donors (Lipinski definition) is 1. The fourth-order valence-electron chi connectivity index (χ4n) is 2.65. The van der Waals surface area contributed by atoms with E-state index in [4.69, 9.17) is 0 Å². The average molecular weight is 299 g/mol. The zero-order valence-electron chi connectivity index (χ0n) is 12.3. The number of anilines is 3. The molecule has 0 atom stereocenters. The van der Waals surface area contributed by atoms with Crippen LogP contribution in [0.2, 0.25) is 0 Å². The number of aryl methyl sites for hydroxylation is 1. The molecule has 1 N–H and O–H groups in total. The lowest BCUT2D eigenvalue weighted by molar-refractivity contribution is -0.383. The van der Waals surface area contributed by atoms with Crippen LogP contribution in [0.5, 0.6) is 0 Å². The summed E-state index contributed by atoms with van der Waals surface area (Å²) in [5, 5.41) is 14.6. The number of hydrogen-bond acceptors (Lipinski definition) is 6. The Hall–Kier alpha value is -2.70. The van der Waals surface area contributed by atoms with Gasteiger partial charge in [-0.05, 0) is 37.5 Å². The van der Waals surface area contributed by atoms with E-state index in [0.717, 1.165) is 37.2 Å². The molecule has 0 spiro atoms. The van der Waals surface area contributed by atoms with Crippen molar-refractivity contribution >= 4 is 23.0 Å². The van der Waals surface area contributed by atoms with Crippen molar-refractivity contribution in [2.45, 2.75) is 19.8 Å². The Morgan fingerprint density at radius 3 is 2.73 bits per heavy atom. The van der Waals surface area contributed by atoms with Crippen LogP contribution in [0, 0.1) is 17.0 Å². The minimum Gasteiger partial charge on any atom is -0.351 e. The molecule has 7 nitrogen and oxygen atoms in total. The summed E-state index contributed by atoms with van der Waals surface area (Å²) in [6.45, 7) is 3.55. The number of aromatic nitrogens is 2. The first kappa shape index (κ1) is 14.2. The Labute approximate surface area is 128 Å². The van der Waals surface area contributed by atoms with Gasteiger partial charge in [0.2, 0.25) is 11.6 Å². The minimum atomic E-state index is -0.411. The molecule has 0 unspecified atom stereocenters. The number of benzene rings is 1. The monoisotopic (exact) mass is 299 g/mol. The predicted octanol–water partition coefficient (Wildman–Crippen LogP) is 3.04. The topological polar surface area (TPSA) is 84.2 Å². The van der Waals surface area contributed by atoms with Crippen molar-refractivity contribution in [1.82, 2.24) is 9.97 Å². The van der Waals surface area contributed by atoms with Crippen LogP contribution in [0.25, 0.3) is 0 Å². The van der Waals surface area contributed by atoms with Crippen LogP contribution in [-0.4, -0.2) is 28.0 Å². The van der Waals surface area contributed by atoms with Crippen LogP contribution >= 0.6 is 0 Å². The molecule has 1 aliphatic rings. The SMILES string of the molecule is Cc1cccc(Nc2ncnc(N3CCCC3)c2[N+](=O)[O-])c1. The molecule has 2 heterocycles. The highest BCUT2D eigenvalue weighted by molar-refractivity contribution is 5.74. The van der Waals surface area contributed by atoms with Gasteiger partial charge in [0, 0.05) is 18.8 Å². The summed E-state index contributed by atoms with van der Waals surface area (Å²) < 4.78 is 0. The molecule has 0 amide bonds. The molecular formula is C15H17N5O2. The summed E-state index contributed by atoms with van der Waals surface area (Å²) >= 11 is 0. The standard InChI is InChI=1S/C15H17N5O2/c1-11-5-4-6-12(9-11)18-14-13(20(21)22)15(17-10-16-14)19-7-2-3-8-19/h4-6,9-10H,2-3,7-8H2,1H3,(H,16,17,18). The van der Waals surface area contributed by atoms with Crippen molar-refractivity contribution in [2.24, 2.45) is 0 Å². The smallest absolute Gasteiger partial charge is 0.351 e. The van der Waals surface area contributed by atoms with Crippen LogP contribution in [0.4, 0.5) is 23.0 Å². The van der Waals surface area contributed by atoms with Gasteiger partial charge in [-0.25, -0.2) is 9.97 Å². The van der Waals surface area contributed by atoms with Crippen molar-refractivity contribution in [3.63, 3.8) is 0 Å². The molecule has 1 saturated heterocycles. The molecule has 1 fully saturated rings. The van der Waals surface area contributed by atoms with Gasteiger partial charge in [-0.1, -0.05) is 12.1 Å². The van der Waals surface area contributed by atoms with Crippen molar-refractivity contribution in [3.8, 4) is 0 Å². The van der Waals surface area contributed by atoms with E-state index in [0.29, 0.717) is 5.82 Å². The van der Waals surface area contributed by atoms with E-state index in [-0.39, 0.29) is 11.5 Å². The first-order valence-electron chi connectivity index (χ1n) is 7.23. The first-order valence-corrected chi connectivity index (χ1v) is 7.23. The molecule has 114 valence electrons. The Balaban J connectivity index is 1.99. The predicted molar refractivity (Wildman–Crippen MR) is 84.6 cm³/mol. The highest BCUT2D eigenvalue weighted by atomic mass is 16.6. The zero-order chi connectivity index (χ0) is 15.5. The summed E-state index contributed by atoms with van der Waals surface area (Å²) in [6.07, 6.45) is 3.43. The zero-order valence-corrected chi connectivity index (χ0v) is 12.3. The van der Waals surface area contributed by atoms with Crippen LogP contribution in [0.15, 0.2) is 30.6 Å². The summed E-state index contributed by atoms with van der Waals surface area (Å²) in [5.74, 6) is 0.625. The highest BCUT2D eigenvalue weighted by Crippen LogP contribution is 2.34. The molecule has 0 bridgehead atoms. The maximum absolute atomic E-state index is 11.5. The van der Waals surface area contributed by atoms with Gasteiger partial charge in [0.1, 0.15) is 6.33 Å². The van der Waals surface area contributed by atoms with Gasteiger partial charge in [0.25, 0.3) is 0 Å². The third-order valence-corrected chi connectivity index (χ3v) is 3.67. The quantitative estimate of drug-likeness (QED) is 0.690. The van der Waals surface area contributed by atoms with Crippen molar-refractivity contribution < 1.29 is 4.92 Å². The van der Waals surface area contributed by atoms with Gasteiger partial charge < -0.3 is 10.2 Å². The summed E-state index contributed by atoms with van der Waals surface area (Å²) in [5.41, 5.74) is 1.78. The summed E-state index contributed by atoms with van der Waals surface area (Å²) in [7, 11) is 0. The molecule has 2 aromatic rings. The molecule has 1 aliphatic heterocycles. The van der Waals surface area contributed by atoms with Gasteiger partial charge in [-0.2, -0.15) is 0 Å². The first-order chi connectivity index (χ1) is 10.6. The van der Waals surface area contributed by atoms with Crippen LogP contribution in [0.3, 0.4) is 0 Å². The Kier molecular flexibility index (Phi) is 3.86. The molecule has 0 saturated carbocycles. The van der Waals surface area contributed by atoms with Crippen molar-refractivity contribution in [3.05, 3.63) is 46.3 Å². The Morgan fingerprint density at radius 2 is 2.05 bits per heavy atom. The fraction of sp³-hybridized carbons (Fsp3) is 0.333. The van der Waals surface area contributed by atoms with Crippen LogP contribution in [-0.2, 0) is 0 Å². The van der Waals surface area contributed by atoms with Gasteiger partial charge in [-0.3, -0.25) is 10.1 Å². The summed E-state index contributed by atoms with van der Waals surface area (Å²) in [6, 6.07) is 7.64. The number of nitrogens with zero attached hydrogens (tertiary/aromatic N) is 4. The van der Waals surface area contributed by atoms with Gasteiger partial charge >= 0.3 is 5.69 Å². The molecule has 0 radical (unpaired) electrons. The number of nitrogens with one attached hydrogen (secondary N) is 1.